The molecule has 8 heteroatoms. The molecule has 0 radical (unpaired) electrons. The average Bonchev–Trinajstić information content (AvgIpc) is 1.87. The van der Waals surface area contributed by atoms with E-state index in [0.29, 0.717) is 0 Å². The number of alkyl halides is 3. The zero-order valence-electron chi connectivity index (χ0n) is 6.56. The van der Waals surface area contributed by atoms with Gasteiger partial charge in [0.05, 0.1) is 18.6 Å². The van der Waals surface area contributed by atoms with Gasteiger partial charge >= 0.3 is 28.6 Å². The summed E-state index contributed by atoms with van der Waals surface area (Å²) in [6.07, 6.45) is -5.52. The molecule has 0 amide bonds. The Morgan fingerprint density at radius 3 is 1.77 bits per heavy atom. The maximum Gasteiger partial charge on any atom is 1.00 e. The fourth-order valence-electron chi connectivity index (χ4n) is 0. The first-order valence-corrected chi connectivity index (χ1v) is 2.86. The van der Waals surface area contributed by atoms with Crippen molar-refractivity contribution in [3.05, 3.63) is 0 Å². The van der Waals surface area contributed by atoms with E-state index in [1.54, 1.807) is 0 Å². The topological polar surface area (TPSA) is 86.4 Å². The molecule has 0 aromatic heterocycles. The van der Waals surface area contributed by atoms with Gasteiger partial charge in [0.15, 0.2) is 0 Å². The van der Waals surface area contributed by atoms with Gasteiger partial charge in [0.2, 0.25) is 0 Å². The fourth-order valence-corrected chi connectivity index (χ4v) is 0. The third-order valence-electron chi connectivity index (χ3n) is 0.573. The Bertz CT molecular complexity index is 139. The van der Waals surface area contributed by atoms with Crippen molar-refractivity contribution >= 4 is 5.97 Å². The number of hydrogen-bond acceptors (Lipinski definition) is 4. The van der Waals surface area contributed by atoms with E-state index in [2.05, 4.69) is 5.73 Å². The Kier molecular flexibility index (Phi) is 12.2. The molecule has 0 aromatic carbocycles. The number of carboxylic acids is 1. The van der Waals surface area contributed by atoms with Crippen LogP contribution in [0.5, 0.6) is 0 Å². The monoisotopic (exact) mass is 295 g/mol. The second-order valence-electron chi connectivity index (χ2n) is 1.81. The number of rotatable bonds is 1. The molecule has 0 rings (SSSR count). The number of carbonyl (C=O) groups is 1. The molecule has 1 atom stereocenters. The second-order valence-corrected chi connectivity index (χ2v) is 1.81. The number of carbonyl (C=O) groups excluding carboxylic acids is 1. The summed E-state index contributed by atoms with van der Waals surface area (Å²) in [5, 5.41) is 17.3. The number of aliphatic carboxylic acids is 1. The first-order valence-electron chi connectivity index (χ1n) is 2.86. The van der Waals surface area contributed by atoms with Gasteiger partial charge in [-0.2, -0.15) is 13.2 Å². The summed E-state index contributed by atoms with van der Waals surface area (Å²) in [6, 6.07) is 0. The summed E-state index contributed by atoms with van der Waals surface area (Å²) in [6.45, 7) is -0.0949. The summed E-state index contributed by atoms with van der Waals surface area (Å²) in [5.41, 5.74) is 4.18. The molecule has 84 valence electrons. The van der Waals surface area contributed by atoms with Crippen molar-refractivity contribution in [2.45, 2.75) is 19.2 Å². The van der Waals surface area contributed by atoms with Crippen LogP contribution in [0.4, 0.5) is 13.2 Å². The van der Waals surface area contributed by atoms with Crippen molar-refractivity contribution in [3.8, 4) is 0 Å². The molecule has 0 aliphatic rings. The minimum atomic E-state index is -4.18. The normalized spacial score (nSPS) is 11.8. The van der Waals surface area contributed by atoms with Crippen molar-refractivity contribution in [3.63, 3.8) is 0 Å². The third-order valence-corrected chi connectivity index (χ3v) is 0.573. The largest absolute Gasteiger partial charge is 1.00 e. The van der Waals surface area contributed by atoms with Gasteiger partial charge in [-0.3, -0.25) is 0 Å². The minimum Gasteiger partial charge on any atom is -0.547 e. The van der Waals surface area contributed by atoms with Gasteiger partial charge in [0.25, 0.3) is 0 Å². The molecular formula is C5H9AgF3NO3. The molecule has 0 saturated heterocycles. The van der Waals surface area contributed by atoms with Crippen molar-refractivity contribution in [1.29, 1.82) is 0 Å². The summed E-state index contributed by atoms with van der Waals surface area (Å²) < 4.78 is 32.0. The van der Waals surface area contributed by atoms with Gasteiger partial charge in [-0.15, -0.1) is 0 Å². The van der Waals surface area contributed by atoms with E-state index in [-0.39, 0.29) is 22.4 Å². The van der Waals surface area contributed by atoms with Crippen LogP contribution in [-0.2, 0) is 27.2 Å². The Labute approximate surface area is 88.4 Å². The molecule has 0 spiro atoms. The summed E-state index contributed by atoms with van der Waals surface area (Å²) in [4.78, 5) is 9.34. The average molecular weight is 296 g/mol. The number of nitrogens with two attached hydrogens (primary N) is 1. The molecule has 0 aromatic rings. The first kappa shape index (κ1) is 18.7. The van der Waals surface area contributed by atoms with E-state index in [1.165, 1.54) is 0 Å². The predicted octanol–water partition coefficient (Wildman–Crippen LogP) is -1.38. The quantitative estimate of drug-likeness (QED) is 0.584. The van der Waals surface area contributed by atoms with Gasteiger partial charge in [-0.05, 0) is 6.92 Å². The molecule has 0 bridgehead atoms. The van der Waals surface area contributed by atoms with E-state index in [4.69, 9.17) is 5.11 Å². The number of hydrogen-bond donors (Lipinski definition) is 2. The van der Waals surface area contributed by atoms with E-state index >= 15 is 0 Å². The van der Waals surface area contributed by atoms with Crippen molar-refractivity contribution in [1.82, 2.24) is 0 Å². The van der Waals surface area contributed by atoms with Crippen molar-refractivity contribution in [2.24, 2.45) is 5.73 Å². The molecule has 0 saturated carbocycles. The SMILES string of the molecule is CC(O)C(=O)[O-].NCC(F)(F)F.[Ag+]. The Balaban J connectivity index is -0.000000143. The standard InChI is InChI=1S/C3H6O3.C2H4F3N.Ag/c1-2(4)3(5)6;3-2(4,5)1-6;/h2,4H,1H3,(H,5,6);1,6H2;/q;;+1/p-1. The Morgan fingerprint density at radius 2 is 1.77 bits per heavy atom. The molecule has 0 heterocycles. The van der Waals surface area contributed by atoms with E-state index in [0.717, 1.165) is 6.92 Å². The van der Waals surface area contributed by atoms with E-state index in [1.807, 2.05) is 0 Å². The fraction of sp³-hybridized carbons (Fsp3) is 0.800. The maximum absolute atomic E-state index is 10.7. The van der Waals surface area contributed by atoms with Gasteiger partial charge in [0.1, 0.15) is 0 Å². The minimum absolute atomic E-state index is 0. The van der Waals surface area contributed by atoms with Crippen LogP contribution >= 0.6 is 0 Å². The summed E-state index contributed by atoms with van der Waals surface area (Å²) in [7, 11) is 0. The van der Waals surface area contributed by atoms with E-state index in [9.17, 15) is 23.1 Å². The molecular weight excluding hydrogens is 287 g/mol. The number of aliphatic hydroxyl groups is 1. The first-order chi connectivity index (χ1) is 5.20. The molecule has 13 heavy (non-hydrogen) atoms. The third kappa shape index (κ3) is 24.5. The van der Waals surface area contributed by atoms with Crippen LogP contribution in [0.15, 0.2) is 0 Å². The van der Waals surface area contributed by atoms with Crippen LogP contribution in [0.25, 0.3) is 0 Å². The molecule has 1 unspecified atom stereocenters. The van der Waals surface area contributed by atoms with Gasteiger partial charge in [-0.25, -0.2) is 0 Å². The van der Waals surface area contributed by atoms with Crippen LogP contribution in [0.3, 0.4) is 0 Å². The number of carboxylic acid groups (broad SMARTS) is 1. The van der Waals surface area contributed by atoms with Crippen LogP contribution in [0, 0.1) is 0 Å². The molecule has 0 aliphatic heterocycles. The van der Waals surface area contributed by atoms with Gasteiger partial charge < -0.3 is 20.7 Å². The van der Waals surface area contributed by atoms with Gasteiger partial charge in [-0.1, -0.05) is 0 Å². The number of halogens is 3. The maximum atomic E-state index is 10.7. The summed E-state index contributed by atoms with van der Waals surface area (Å²) >= 11 is 0. The second kappa shape index (κ2) is 8.52. The predicted molar refractivity (Wildman–Crippen MR) is 31.8 cm³/mol. The number of aliphatic hydroxyl groups excluding tert-OH is 1. The summed E-state index contributed by atoms with van der Waals surface area (Å²) in [5.74, 6) is -1.44. The smallest absolute Gasteiger partial charge is 0.547 e. The zero-order valence-corrected chi connectivity index (χ0v) is 8.04. The van der Waals surface area contributed by atoms with Crippen molar-refractivity contribution < 1.29 is 50.6 Å². The Hall–Kier alpha value is -0.0797. The van der Waals surface area contributed by atoms with Crippen LogP contribution in [-0.4, -0.2) is 29.9 Å². The van der Waals surface area contributed by atoms with Crippen LogP contribution < -0.4 is 10.8 Å². The van der Waals surface area contributed by atoms with Gasteiger partial charge in [0, 0.05) is 0 Å². The molecule has 4 nitrogen and oxygen atoms in total. The molecule has 0 aliphatic carbocycles. The zero-order chi connectivity index (χ0) is 10.4. The Morgan fingerprint density at radius 1 is 1.62 bits per heavy atom. The molecule has 3 N–H and O–H groups in total. The van der Waals surface area contributed by atoms with Crippen LogP contribution in [0.2, 0.25) is 0 Å². The molecule has 0 fully saturated rings. The van der Waals surface area contributed by atoms with Crippen molar-refractivity contribution in [2.75, 3.05) is 6.54 Å². The van der Waals surface area contributed by atoms with E-state index < -0.39 is 24.8 Å². The van der Waals surface area contributed by atoms with Crippen LogP contribution in [0.1, 0.15) is 6.92 Å².